The highest BCUT2D eigenvalue weighted by Crippen LogP contribution is 2.18. The number of carbonyl (C=O) groups excluding carboxylic acids is 3. The summed E-state index contributed by atoms with van der Waals surface area (Å²) in [5.74, 6) is 0. The van der Waals surface area contributed by atoms with E-state index in [0.717, 1.165) is 35.1 Å². The predicted molar refractivity (Wildman–Crippen MR) is 160 cm³/mol. The smallest absolute Gasteiger partial charge is 0.317 e. The van der Waals surface area contributed by atoms with Crippen molar-refractivity contribution in [2.75, 3.05) is 21.3 Å². The van der Waals surface area contributed by atoms with E-state index in [1.54, 1.807) is 0 Å². The zero-order chi connectivity index (χ0) is 26.9. The summed E-state index contributed by atoms with van der Waals surface area (Å²) in [7, 11) is 0. The molecular weight excluding hydrogens is 516 g/mol. The topological polar surface area (TPSA) is 99.3 Å². The number of carbonyl (C=O) groups is 3. The number of urea groups is 1. The van der Waals surface area contributed by atoms with E-state index in [1.165, 1.54) is 0 Å². The van der Waals surface area contributed by atoms with Crippen LogP contribution in [0.15, 0.2) is 97.1 Å². The van der Waals surface area contributed by atoms with E-state index >= 15 is 0 Å². The summed E-state index contributed by atoms with van der Waals surface area (Å²) in [6.07, 6.45) is 1.45. The number of anilines is 4. The van der Waals surface area contributed by atoms with E-state index in [9.17, 15) is 14.4 Å². The summed E-state index contributed by atoms with van der Waals surface area (Å²) in [6, 6.07) is 30.1. The van der Waals surface area contributed by atoms with Gasteiger partial charge in [0.2, 0.25) is 0 Å². The van der Waals surface area contributed by atoms with Crippen molar-refractivity contribution < 1.29 is 14.4 Å². The van der Waals surface area contributed by atoms with Crippen LogP contribution < -0.4 is 21.3 Å². The van der Waals surface area contributed by atoms with Gasteiger partial charge in [0.25, 0.3) is 10.5 Å². The number of rotatable bonds is 8. The lowest BCUT2D eigenvalue weighted by molar-refractivity contribution is 0.262. The molecule has 0 atom stereocenters. The highest BCUT2D eigenvalue weighted by Gasteiger charge is 2.05. The van der Waals surface area contributed by atoms with Crippen molar-refractivity contribution in [3.63, 3.8) is 0 Å². The lowest BCUT2D eigenvalue weighted by atomic mass is 10.0. The molecule has 192 valence electrons. The van der Waals surface area contributed by atoms with Gasteiger partial charge in [-0.2, -0.15) is 0 Å². The van der Waals surface area contributed by atoms with Gasteiger partial charge in [0.15, 0.2) is 0 Å². The Balaban J connectivity index is 1.25. The van der Waals surface area contributed by atoms with E-state index in [4.69, 9.17) is 0 Å². The van der Waals surface area contributed by atoms with Crippen molar-refractivity contribution in [2.24, 2.45) is 0 Å². The average molecular weight is 543 g/mol. The van der Waals surface area contributed by atoms with E-state index in [1.807, 2.05) is 97.1 Å². The van der Waals surface area contributed by atoms with Gasteiger partial charge in [-0.15, -0.1) is 0 Å². The lowest BCUT2D eigenvalue weighted by Crippen LogP contribution is -2.19. The van der Waals surface area contributed by atoms with Gasteiger partial charge in [-0.3, -0.25) is 9.59 Å². The molecule has 0 spiro atoms. The second kappa shape index (κ2) is 12.8. The Hall–Kier alpha value is -4.21. The molecule has 0 aliphatic rings. The van der Waals surface area contributed by atoms with Crippen LogP contribution in [0.25, 0.3) is 0 Å². The Labute approximate surface area is 231 Å². The van der Waals surface area contributed by atoms with Gasteiger partial charge in [0, 0.05) is 22.7 Å². The standard InChI is InChI=1S/C29H26N4O3S2/c34-27(30-23-9-1-19(2-10-23)17-21-5-13-25(14-6-21)32-28(35)37)31-24-11-3-20(4-12-24)18-22-7-15-26(16-8-22)33-29(36)38/h1-16H,17-18H2,(H2,30,31,34)(H2,32,35,37)(H2,33,36,38). The fourth-order valence-electron chi connectivity index (χ4n) is 3.84. The minimum atomic E-state index is -0.400. The summed E-state index contributed by atoms with van der Waals surface area (Å²) >= 11 is 7.42. The predicted octanol–water partition coefficient (Wildman–Crippen LogP) is 7.44. The van der Waals surface area contributed by atoms with Gasteiger partial charge in [-0.1, -0.05) is 73.8 Å². The Bertz CT molecular complexity index is 1300. The number of thiol groups is 2. The number of hydrogen-bond donors (Lipinski definition) is 6. The Morgan fingerprint density at radius 3 is 0.895 bits per heavy atom. The summed E-state index contributed by atoms with van der Waals surface area (Å²) in [4.78, 5) is 34.5. The van der Waals surface area contributed by atoms with Gasteiger partial charge in [-0.05, 0) is 83.6 Å². The van der Waals surface area contributed by atoms with Crippen LogP contribution in [0.2, 0.25) is 0 Å². The van der Waals surface area contributed by atoms with Crippen molar-refractivity contribution in [2.45, 2.75) is 12.8 Å². The van der Waals surface area contributed by atoms with E-state index < -0.39 is 10.5 Å². The summed E-state index contributed by atoms with van der Waals surface area (Å²) in [5, 5.41) is 10.1. The fraction of sp³-hybridized carbons (Fsp3) is 0.0690. The Morgan fingerprint density at radius 2 is 0.658 bits per heavy atom. The van der Waals surface area contributed by atoms with Crippen LogP contribution in [0.3, 0.4) is 0 Å². The third-order valence-corrected chi connectivity index (χ3v) is 5.87. The van der Waals surface area contributed by atoms with Gasteiger partial charge in [0.1, 0.15) is 0 Å². The molecule has 0 heterocycles. The van der Waals surface area contributed by atoms with Crippen molar-refractivity contribution >= 4 is 64.5 Å². The number of benzene rings is 4. The SMILES string of the molecule is O=C(S)Nc1ccc(Cc2ccc(NC(=O)Nc3ccc(Cc4ccc(NC(=O)S)cc4)cc3)cc2)cc1. The first-order valence-corrected chi connectivity index (χ1v) is 12.7. The van der Waals surface area contributed by atoms with Gasteiger partial charge in [-0.25, -0.2) is 4.79 Å². The van der Waals surface area contributed by atoms with E-state index in [-0.39, 0.29) is 6.03 Å². The Kier molecular flexibility index (Phi) is 9.07. The van der Waals surface area contributed by atoms with Crippen molar-refractivity contribution in [1.82, 2.24) is 0 Å². The average Bonchev–Trinajstić information content (AvgIpc) is 2.88. The summed E-state index contributed by atoms with van der Waals surface area (Å²) in [5.41, 5.74) is 7.16. The molecule has 0 aromatic heterocycles. The molecule has 4 aromatic rings. The molecule has 4 amide bonds. The zero-order valence-corrected chi connectivity index (χ0v) is 22.1. The van der Waals surface area contributed by atoms with Crippen LogP contribution in [0.4, 0.5) is 37.1 Å². The lowest BCUT2D eigenvalue weighted by Gasteiger charge is -2.10. The van der Waals surface area contributed by atoms with Crippen molar-refractivity contribution in [1.29, 1.82) is 0 Å². The monoisotopic (exact) mass is 542 g/mol. The molecule has 0 bridgehead atoms. The second-order valence-corrected chi connectivity index (χ2v) is 9.39. The first-order valence-electron chi connectivity index (χ1n) is 11.8. The molecule has 4 aromatic carbocycles. The number of amides is 4. The molecule has 38 heavy (non-hydrogen) atoms. The normalized spacial score (nSPS) is 10.4. The molecule has 0 fully saturated rings. The van der Waals surface area contributed by atoms with Crippen molar-refractivity contribution in [3.05, 3.63) is 119 Å². The molecule has 9 heteroatoms. The molecule has 4 N–H and O–H groups in total. The van der Waals surface area contributed by atoms with Crippen LogP contribution in [-0.4, -0.2) is 16.5 Å². The largest absolute Gasteiger partial charge is 0.323 e. The molecule has 0 aliphatic carbocycles. The first-order chi connectivity index (χ1) is 18.3. The van der Waals surface area contributed by atoms with Gasteiger partial charge < -0.3 is 21.3 Å². The van der Waals surface area contributed by atoms with Crippen LogP contribution in [0, 0.1) is 0 Å². The number of hydrogen-bond acceptors (Lipinski definition) is 3. The molecule has 0 unspecified atom stereocenters. The fourth-order valence-corrected chi connectivity index (χ4v) is 4.09. The molecular formula is C29H26N4O3S2. The van der Waals surface area contributed by atoms with Crippen LogP contribution in [0.5, 0.6) is 0 Å². The first kappa shape index (κ1) is 26.8. The minimum Gasteiger partial charge on any atom is -0.317 e. The maximum atomic E-state index is 12.5. The summed E-state index contributed by atoms with van der Waals surface area (Å²) < 4.78 is 0. The molecule has 0 aliphatic heterocycles. The quantitative estimate of drug-likeness (QED) is 0.131. The van der Waals surface area contributed by atoms with Crippen LogP contribution >= 0.6 is 25.3 Å². The third-order valence-electron chi connectivity index (χ3n) is 5.65. The van der Waals surface area contributed by atoms with Gasteiger partial charge in [0.05, 0.1) is 0 Å². The van der Waals surface area contributed by atoms with E-state index in [0.29, 0.717) is 22.7 Å². The van der Waals surface area contributed by atoms with E-state index in [2.05, 4.69) is 46.5 Å². The third kappa shape index (κ3) is 8.43. The van der Waals surface area contributed by atoms with Gasteiger partial charge >= 0.3 is 6.03 Å². The number of nitrogens with one attached hydrogen (secondary N) is 4. The molecule has 4 rings (SSSR count). The highest BCUT2D eigenvalue weighted by atomic mass is 32.1. The molecule has 0 radical (unpaired) electrons. The van der Waals surface area contributed by atoms with Crippen LogP contribution in [-0.2, 0) is 12.8 Å². The van der Waals surface area contributed by atoms with Crippen LogP contribution in [0.1, 0.15) is 22.3 Å². The maximum Gasteiger partial charge on any atom is 0.323 e. The second-order valence-electron chi connectivity index (χ2n) is 8.58. The minimum absolute atomic E-state index is 0.325. The van der Waals surface area contributed by atoms with Crippen molar-refractivity contribution in [3.8, 4) is 0 Å². The highest BCUT2D eigenvalue weighted by molar-refractivity contribution is 7.97. The maximum absolute atomic E-state index is 12.5. The molecule has 0 saturated heterocycles. The molecule has 0 saturated carbocycles. The summed E-state index contributed by atoms with van der Waals surface area (Å²) in [6.45, 7) is 0. The zero-order valence-electron chi connectivity index (χ0n) is 20.3. The Morgan fingerprint density at radius 1 is 0.421 bits per heavy atom. The molecule has 7 nitrogen and oxygen atoms in total.